The summed E-state index contributed by atoms with van der Waals surface area (Å²) in [6.45, 7) is 4.10. The molecule has 1 rings (SSSR count). The number of methoxy groups -OCH3 is 1. The van der Waals surface area contributed by atoms with Crippen LogP contribution >= 0.6 is 0 Å². The quantitative estimate of drug-likeness (QED) is 0.427. The van der Waals surface area contributed by atoms with Crippen molar-refractivity contribution in [1.29, 1.82) is 0 Å². The van der Waals surface area contributed by atoms with Crippen molar-refractivity contribution in [3.63, 3.8) is 0 Å². The van der Waals surface area contributed by atoms with Crippen molar-refractivity contribution in [2.24, 2.45) is 0 Å². The Labute approximate surface area is 111 Å². The highest BCUT2D eigenvalue weighted by atomic mass is 19.1. The molecule has 0 atom stereocenters. The van der Waals surface area contributed by atoms with Gasteiger partial charge in [0.15, 0.2) is 5.82 Å². The van der Waals surface area contributed by atoms with Crippen LogP contribution in [0.4, 0.5) is 15.8 Å². The fourth-order valence-electron chi connectivity index (χ4n) is 1.59. The highest BCUT2D eigenvalue weighted by Crippen LogP contribution is 2.24. The number of nitrogens with zero attached hydrogens (tertiary/aromatic N) is 1. The van der Waals surface area contributed by atoms with Gasteiger partial charge in [-0.05, 0) is 13.0 Å². The van der Waals surface area contributed by atoms with Crippen molar-refractivity contribution in [3.05, 3.63) is 33.6 Å². The lowest BCUT2D eigenvalue weighted by Crippen LogP contribution is -2.25. The van der Waals surface area contributed by atoms with E-state index in [-0.39, 0.29) is 11.4 Å². The van der Waals surface area contributed by atoms with E-state index in [0.717, 1.165) is 12.6 Å². The lowest BCUT2D eigenvalue weighted by molar-refractivity contribution is -0.385. The van der Waals surface area contributed by atoms with E-state index in [1.165, 1.54) is 6.07 Å². The molecule has 0 saturated carbocycles. The van der Waals surface area contributed by atoms with Crippen molar-refractivity contribution in [2.75, 3.05) is 38.7 Å². The maximum absolute atomic E-state index is 13.6. The van der Waals surface area contributed by atoms with Crippen molar-refractivity contribution in [1.82, 2.24) is 5.32 Å². The molecule has 0 bridgehead atoms. The molecule has 0 amide bonds. The van der Waals surface area contributed by atoms with Crippen LogP contribution in [0, 0.1) is 22.9 Å². The first-order chi connectivity index (χ1) is 9.06. The molecule has 7 heteroatoms. The van der Waals surface area contributed by atoms with Crippen LogP contribution in [0.25, 0.3) is 0 Å². The van der Waals surface area contributed by atoms with Gasteiger partial charge in [-0.3, -0.25) is 10.1 Å². The van der Waals surface area contributed by atoms with Crippen LogP contribution in [0.5, 0.6) is 0 Å². The molecule has 106 valence electrons. The second kappa shape index (κ2) is 7.65. The number of benzene rings is 1. The average Bonchev–Trinajstić information content (AvgIpc) is 2.36. The molecule has 6 nitrogen and oxygen atoms in total. The molecular formula is C12H18FN3O3. The Morgan fingerprint density at radius 3 is 2.74 bits per heavy atom. The fraction of sp³-hybridized carbons (Fsp3) is 0.500. The van der Waals surface area contributed by atoms with E-state index < -0.39 is 10.7 Å². The third-order valence-corrected chi connectivity index (χ3v) is 2.58. The van der Waals surface area contributed by atoms with E-state index >= 15 is 0 Å². The van der Waals surface area contributed by atoms with Crippen LogP contribution in [0.1, 0.15) is 5.56 Å². The summed E-state index contributed by atoms with van der Waals surface area (Å²) in [6, 6.07) is 2.39. The molecule has 0 spiro atoms. The Kier molecular flexibility index (Phi) is 6.17. The van der Waals surface area contributed by atoms with Crippen LogP contribution in [0.15, 0.2) is 12.1 Å². The number of ether oxygens (including phenoxy) is 1. The van der Waals surface area contributed by atoms with Crippen molar-refractivity contribution >= 4 is 11.4 Å². The van der Waals surface area contributed by atoms with Gasteiger partial charge in [0.05, 0.1) is 23.3 Å². The monoisotopic (exact) mass is 271 g/mol. The summed E-state index contributed by atoms with van der Waals surface area (Å²) < 4.78 is 18.5. The fourth-order valence-corrected chi connectivity index (χ4v) is 1.59. The minimum atomic E-state index is -0.616. The van der Waals surface area contributed by atoms with E-state index in [1.807, 2.05) is 0 Å². The van der Waals surface area contributed by atoms with Crippen LogP contribution < -0.4 is 10.6 Å². The number of anilines is 1. The Morgan fingerprint density at radius 1 is 1.37 bits per heavy atom. The first-order valence-corrected chi connectivity index (χ1v) is 5.94. The van der Waals surface area contributed by atoms with Gasteiger partial charge < -0.3 is 15.4 Å². The van der Waals surface area contributed by atoms with Gasteiger partial charge in [-0.2, -0.15) is 0 Å². The highest BCUT2D eigenvalue weighted by molar-refractivity contribution is 5.54. The van der Waals surface area contributed by atoms with Crippen LogP contribution in [0.2, 0.25) is 0 Å². The number of aryl methyl sites for hydroxylation is 1. The molecule has 19 heavy (non-hydrogen) atoms. The molecule has 0 unspecified atom stereocenters. The Balaban J connectivity index is 2.50. The van der Waals surface area contributed by atoms with Gasteiger partial charge in [-0.25, -0.2) is 4.39 Å². The summed E-state index contributed by atoms with van der Waals surface area (Å²) in [5.74, 6) is -0.616. The van der Waals surface area contributed by atoms with Gasteiger partial charge in [0.2, 0.25) is 0 Å². The first kappa shape index (κ1) is 15.3. The predicted octanol–water partition coefficient (Wildman–Crippen LogP) is 1.69. The van der Waals surface area contributed by atoms with E-state index in [2.05, 4.69) is 10.6 Å². The lowest BCUT2D eigenvalue weighted by atomic mass is 10.1. The lowest BCUT2D eigenvalue weighted by Gasteiger charge is -2.09. The first-order valence-electron chi connectivity index (χ1n) is 5.94. The SMILES string of the molecule is COCCNCCNc1cc(C)c([N+](=O)[O-])cc1F. The number of hydrogen-bond acceptors (Lipinski definition) is 5. The number of halogens is 1. The second-order valence-corrected chi connectivity index (χ2v) is 4.05. The van der Waals surface area contributed by atoms with Gasteiger partial charge >= 0.3 is 0 Å². The molecular weight excluding hydrogens is 253 g/mol. The molecule has 2 N–H and O–H groups in total. The summed E-state index contributed by atoms with van der Waals surface area (Å²) in [6.07, 6.45) is 0. The summed E-state index contributed by atoms with van der Waals surface area (Å²) in [7, 11) is 1.62. The van der Waals surface area contributed by atoms with Crippen LogP contribution in [-0.4, -0.2) is 38.3 Å². The van der Waals surface area contributed by atoms with Crippen molar-refractivity contribution in [2.45, 2.75) is 6.92 Å². The molecule has 0 aliphatic heterocycles. The van der Waals surface area contributed by atoms with E-state index in [1.54, 1.807) is 14.0 Å². The zero-order valence-electron chi connectivity index (χ0n) is 11.0. The number of nitro benzene ring substituents is 1. The Morgan fingerprint density at radius 2 is 2.11 bits per heavy atom. The molecule has 0 aliphatic carbocycles. The third kappa shape index (κ3) is 4.80. The normalized spacial score (nSPS) is 10.5. The zero-order valence-corrected chi connectivity index (χ0v) is 11.0. The Bertz CT molecular complexity index is 440. The average molecular weight is 271 g/mol. The number of nitrogens with one attached hydrogen (secondary N) is 2. The largest absolute Gasteiger partial charge is 0.383 e. The number of rotatable bonds is 8. The summed E-state index contributed by atoms with van der Waals surface area (Å²) >= 11 is 0. The molecule has 0 radical (unpaired) electrons. The molecule has 0 fully saturated rings. The maximum atomic E-state index is 13.6. The zero-order chi connectivity index (χ0) is 14.3. The smallest absolute Gasteiger partial charge is 0.275 e. The van der Waals surface area contributed by atoms with Gasteiger partial charge in [-0.1, -0.05) is 0 Å². The van der Waals surface area contributed by atoms with Crippen LogP contribution in [-0.2, 0) is 4.74 Å². The van der Waals surface area contributed by atoms with Crippen LogP contribution in [0.3, 0.4) is 0 Å². The molecule has 1 aromatic carbocycles. The summed E-state index contributed by atoms with van der Waals surface area (Å²) in [5.41, 5.74) is 0.499. The van der Waals surface area contributed by atoms with Crippen molar-refractivity contribution in [3.8, 4) is 0 Å². The third-order valence-electron chi connectivity index (χ3n) is 2.58. The number of nitro groups is 1. The minimum Gasteiger partial charge on any atom is -0.383 e. The second-order valence-electron chi connectivity index (χ2n) is 4.05. The summed E-state index contributed by atoms with van der Waals surface area (Å²) in [4.78, 5) is 10.1. The molecule has 0 saturated heterocycles. The molecule has 0 aromatic heterocycles. The molecule has 0 heterocycles. The predicted molar refractivity (Wildman–Crippen MR) is 71.0 cm³/mol. The van der Waals surface area contributed by atoms with Gasteiger partial charge in [0.1, 0.15) is 0 Å². The van der Waals surface area contributed by atoms with Gasteiger partial charge in [0.25, 0.3) is 5.69 Å². The highest BCUT2D eigenvalue weighted by Gasteiger charge is 2.14. The van der Waals surface area contributed by atoms with E-state index in [9.17, 15) is 14.5 Å². The Hall–Kier alpha value is -1.73. The van der Waals surface area contributed by atoms with E-state index in [4.69, 9.17) is 4.74 Å². The molecule has 0 aliphatic rings. The minimum absolute atomic E-state index is 0.207. The number of hydrogen-bond donors (Lipinski definition) is 2. The van der Waals surface area contributed by atoms with Crippen molar-refractivity contribution < 1.29 is 14.1 Å². The standard InChI is InChI=1S/C12H18FN3O3/c1-9-7-11(10(13)8-12(9)16(17)18)15-4-3-14-5-6-19-2/h7-8,14-15H,3-6H2,1-2H3. The maximum Gasteiger partial charge on any atom is 0.275 e. The van der Waals surface area contributed by atoms with Gasteiger partial charge in [0, 0.05) is 32.3 Å². The van der Waals surface area contributed by atoms with Gasteiger partial charge in [-0.15, -0.1) is 0 Å². The summed E-state index contributed by atoms with van der Waals surface area (Å²) in [5, 5.41) is 16.6. The van der Waals surface area contributed by atoms with E-state index in [0.29, 0.717) is 25.3 Å². The molecule has 1 aromatic rings. The topological polar surface area (TPSA) is 76.4 Å².